The molecule has 0 aromatic rings. The first-order valence-corrected chi connectivity index (χ1v) is 4.29. The molecule has 1 aliphatic heterocycles. The fourth-order valence-electron chi connectivity index (χ4n) is 1.81. The van der Waals surface area contributed by atoms with Crippen molar-refractivity contribution in [2.24, 2.45) is 5.28 Å². The minimum absolute atomic E-state index is 0.231. The monoisotopic (exact) mass is 174 g/mol. The summed E-state index contributed by atoms with van der Waals surface area (Å²) in [7, 11) is 0. The minimum atomic E-state index is 0.231. The van der Waals surface area contributed by atoms with Gasteiger partial charge in [0.15, 0.2) is 0 Å². The smallest absolute Gasteiger partial charge is 0.271 e. The van der Waals surface area contributed by atoms with Gasteiger partial charge in [-0.05, 0) is 33.1 Å². The van der Waals surface area contributed by atoms with Crippen molar-refractivity contribution in [3.63, 3.8) is 0 Å². The molecule has 0 saturated carbocycles. The fraction of sp³-hybridized carbons (Fsp3) is 1.00. The van der Waals surface area contributed by atoms with Gasteiger partial charge in [-0.25, -0.2) is 5.21 Å². The summed E-state index contributed by atoms with van der Waals surface area (Å²) in [5.74, 6) is 0. The first-order valence-electron chi connectivity index (χ1n) is 4.29. The standard InChI is InChI=1S/C7H15N3O2/c1-6-4-3-5-7(2)9(6)10(12)8-11/h6-7,12H,3-5H2,1-2H3/p+1. The van der Waals surface area contributed by atoms with Gasteiger partial charge in [0, 0.05) is 0 Å². The van der Waals surface area contributed by atoms with Crippen molar-refractivity contribution < 1.29 is 15.4 Å². The summed E-state index contributed by atoms with van der Waals surface area (Å²) in [6.45, 7) is 4.01. The van der Waals surface area contributed by atoms with E-state index >= 15 is 0 Å². The van der Waals surface area contributed by atoms with Gasteiger partial charge in [-0.1, -0.05) is 0 Å². The Labute approximate surface area is 71.8 Å². The van der Waals surface area contributed by atoms with Gasteiger partial charge in [-0.3, -0.25) is 0 Å². The first-order chi connectivity index (χ1) is 5.66. The van der Waals surface area contributed by atoms with Crippen LogP contribution in [0.2, 0.25) is 0 Å². The van der Waals surface area contributed by atoms with Crippen LogP contribution in [0.25, 0.3) is 0 Å². The van der Waals surface area contributed by atoms with Crippen LogP contribution in [0.1, 0.15) is 33.1 Å². The molecule has 12 heavy (non-hydrogen) atoms. The second kappa shape index (κ2) is 3.60. The molecule has 2 N–H and O–H groups in total. The van der Waals surface area contributed by atoms with E-state index in [1.807, 2.05) is 13.8 Å². The summed E-state index contributed by atoms with van der Waals surface area (Å²) in [4.78, 5) is 0.536. The third kappa shape index (κ3) is 1.60. The highest BCUT2D eigenvalue weighted by atomic mass is 16.6. The maximum Gasteiger partial charge on any atom is 0.271 e. The lowest BCUT2D eigenvalue weighted by atomic mass is 10.00. The second-order valence-corrected chi connectivity index (χ2v) is 3.37. The summed E-state index contributed by atoms with van der Waals surface area (Å²) in [5.41, 5.74) is 0. The molecule has 0 amide bonds. The van der Waals surface area contributed by atoms with E-state index in [-0.39, 0.29) is 12.1 Å². The number of hydrogen-bond donors (Lipinski definition) is 2. The first kappa shape index (κ1) is 9.09. The number of piperidine rings is 1. The van der Waals surface area contributed by atoms with Crippen LogP contribution in [-0.4, -0.2) is 32.5 Å². The molecule has 1 fully saturated rings. The van der Waals surface area contributed by atoms with Gasteiger partial charge in [0.05, 0.1) is 12.1 Å². The fourth-order valence-corrected chi connectivity index (χ4v) is 1.81. The van der Waals surface area contributed by atoms with Crippen LogP contribution in [0.4, 0.5) is 0 Å². The SMILES string of the molecule is CC1CCCC(C)N1[N+](O)=NO. The number of hydrogen-bond acceptors (Lipinski definition) is 1. The Morgan fingerprint density at radius 3 is 2.25 bits per heavy atom. The quantitative estimate of drug-likeness (QED) is 0.359. The maximum atomic E-state index is 9.17. The van der Waals surface area contributed by atoms with Crippen molar-refractivity contribution in [1.82, 2.24) is 5.01 Å². The molecule has 0 aliphatic carbocycles. The van der Waals surface area contributed by atoms with Crippen LogP contribution in [0.3, 0.4) is 0 Å². The van der Waals surface area contributed by atoms with Crippen LogP contribution in [-0.2, 0) is 0 Å². The molecule has 0 radical (unpaired) electrons. The van der Waals surface area contributed by atoms with Gasteiger partial charge in [0.2, 0.25) is 0 Å². The Hall–Kier alpha value is -1.00. The third-order valence-corrected chi connectivity index (χ3v) is 2.43. The highest BCUT2D eigenvalue weighted by Crippen LogP contribution is 2.21. The summed E-state index contributed by atoms with van der Waals surface area (Å²) in [6.07, 6.45) is 3.21. The lowest BCUT2D eigenvalue weighted by Gasteiger charge is -2.29. The largest absolute Gasteiger partial charge is 0.357 e. The number of nitrogens with zero attached hydrogens (tertiary/aromatic N) is 3. The van der Waals surface area contributed by atoms with E-state index in [2.05, 4.69) is 5.28 Å². The highest BCUT2D eigenvalue weighted by molar-refractivity contribution is 4.72. The Kier molecular flexibility index (Phi) is 2.73. The van der Waals surface area contributed by atoms with E-state index in [1.54, 1.807) is 5.01 Å². The topological polar surface area (TPSA) is 59.1 Å². The molecule has 0 spiro atoms. The lowest BCUT2D eigenvalue weighted by molar-refractivity contribution is -0.949. The number of rotatable bonds is 1. The van der Waals surface area contributed by atoms with Crippen molar-refractivity contribution in [3.8, 4) is 0 Å². The summed E-state index contributed by atoms with van der Waals surface area (Å²) >= 11 is 0. The zero-order chi connectivity index (χ0) is 9.14. The second-order valence-electron chi connectivity index (χ2n) is 3.37. The van der Waals surface area contributed by atoms with Gasteiger partial charge in [-0.15, -0.1) is 5.01 Å². The predicted octanol–water partition coefficient (Wildman–Crippen LogP) is 1.41. The van der Waals surface area contributed by atoms with Gasteiger partial charge in [-0.2, -0.15) is 0 Å². The molecule has 1 rings (SSSR count). The van der Waals surface area contributed by atoms with E-state index in [9.17, 15) is 0 Å². The Bertz CT molecular complexity index is 173. The van der Waals surface area contributed by atoms with Crippen LogP contribution in [0.15, 0.2) is 5.28 Å². The molecule has 70 valence electrons. The Balaban J connectivity index is 2.69. The molecule has 5 nitrogen and oxygen atoms in total. The molecule has 5 heteroatoms. The molecule has 0 bridgehead atoms. The van der Waals surface area contributed by atoms with Crippen LogP contribution in [0.5, 0.6) is 0 Å². The van der Waals surface area contributed by atoms with Gasteiger partial charge < -0.3 is 5.21 Å². The van der Waals surface area contributed by atoms with Gasteiger partial charge >= 0.3 is 0 Å². The van der Waals surface area contributed by atoms with Crippen molar-refractivity contribution in [1.29, 1.82) is 0 Å². The summed E-state index contributed by atoms with van der Waals surface area (Å²) < 4.78 is 0. The van der Waals surface area contributed by atoms with E-state index in [0.717, 1.165) is 19.3 Å². The summed E-state index contributed by atoms with van der Waals surface area (Å²) in [5, 5.41) is 21.9. The molecule has 0 aromatic heterocycles. The average Bonchev–Trinajstić information content (AvgIpc) is 2.03. The molecule has 1 aliphatic rings. The lowest BCUT2D eigenvalue weighted by Crippen LogP contribution is -2.48. The minimum Gasteiger partial charge on any atom is -0.357 e. The highest BCUT2D eigenvalue weighted by Gasteiger charge is 2.34. The van der Waals surface area contributed by atoms with Gasteiger partial charge in [0.1, 0.15) is 0 Å². The molecule has 1 saturated heterocycles. The Morgan fingerprint density at radius 1 is 1.33 bits per heavy atom. The number of hydrazine groups is 1. The molecule has 2 atom stereocenters. The van der Waals surface area contributed by atoms with E-state index in [4.69, 9.17) is 10.4 Å². The van der Waals surface area contributed by atoms with Crippen molar-refractivity contribution in [2.45, 2.75) is 45.2 Å². The molecule has 2 unspecified atom stereocenters. The average molecular weight is 174 g/mol. The summed E-state index contributed by atoms with van der Waals surface area (Å²) in [6, 6.07) is 0.462. The van der Waals surface area contributed by atoms with E-state index in [0.29, 0.717) is 4.97 Å². The Morgan fingerprint density at radius 2 is 1.83 bits per heavy atom. The molecule has 1 heterocycles. The maximum absolute atomic E-state index is 9.17. The van der Waals surface area contributed by atoms with Crippen LogP contribution >= 0.6 is 0 Å². The zero-order valence-corrected chi connectivity index (χ0v) is 7.51. The van der Waals surface area contributed by atoms with Crippen molar-refractivity contribution in [2.75, 3.05) is 0 Å². The van der Waals surface area contributed by atoms with E-state index in [1.165, 1.54) is 0 Å². The molecular weight excluding hydrogens is 158 g/mol. The van der Waals surface area contributed by atoms with E-state index < -0.39 is 0 Å². The third-order valence-electron chi connectivity index (χ3n) is 2.43. The van der Waals surface area contributed by atoms with Crippen LogP contribution < -0.4 is 0 Å². The van der Waals surface area contributed by atoms with Crippen molar-refractivity contribution in [3.05, 3.63) is 0 Å². The van der Waals surface area contributed by atoms with Gasteiger partial charge in [0.25, 0.3) is 10.2 Å². The molecular formula is C7H16N3O2+. The van der Waals surface area contributed by atoms with Crippen LogP contribution in [0, 0.1) is 0 Å². The molecule has 0 aromatic carbocycles. The predicted molar refractivity (Wildman–Crippen MR) is 40.9 cm³/mol. The normalized spacial score (nSPS) is 32.2. The van der Waals surface area contributed by atoms with Crippen molar-refractivity contribution >= 4 is 0 Å². The zero-order valence-electron chi connectivity index (χ0n) is 7.51.